The Kier molecular flexibility index (Phi) is 3.53. The van der Waals surface area contributed by atoms with Crippen LogP contribution >= 0.6 is 0 Å². The first kappa shape index (κ1) is 13.6. The molecule has 1 fully saturated rings. The van der Waals surface area contributed by atoms with Gasteiger partial charge in [0.15, 0.2) is 0 Å². The summed E-state index contributed by atoms with van der Waals surface area (Å²) in [5.74, 6) is 0. The zero-order valence-corrected chi connectivity index (χ0v) is 12.5. The fourth-order valence-electron chi connectivity index (χ4n) is 3.06. The maximum atomic E-state index is 5.87. The van der Waals surface area contributed by atoms with Crippen LogP contribution in [0.15, 0.2) is 36.4 Å². The second kappa shape index (κ2) is 5.19. The zero-order valence-electron chi connectivity index (χ0n) is 12.5. The average Bonchev–Trinajstić information content (AvgIpc) is 3.19. The largest absolute Gasteiger partial charge is 0.330 e. The minimum Gasteiger partial charge on any atom is -0.330 e. The van der Waals surface area contributed by atoms with E-state index in [-0.39, 0.29) is 0 Å². The summed E-state index contributed by atoms with van der Waals surface area (Å²) in [7, 11) is 2.20. The van der Waals surface area contributed by atoms with Gasteiger partial charge in [-0.1, -0.05) is 35.9 Å². The van der Waals surface area contributed by atoms with Gasteiger partial charge < -0.3 is 10.6 Å². The summed E-state index contributed by atoms with van der Waals surface area (Å²) >= 11 is 0. The molecule has 0 radical (unpaired) electrons. The summed E-state index contributed by atoms with van der Waals surface area (Å²) in [6.07, 6.45) is 2.59. The first-order valence-corrected chi connectivity index (χ1v) is 7.48. The molecule has 106 valence electrons. The molecule has 2 N–H and O–H groups in total. The van der Waals surface area contributed by atoms with E-state index in [1.54, 1.807) is 0 Å². The average molecular weight is 268 g/mol. The van der Waals surface area contributed by atoms with Gasteiger partial charge in [0.1, 0.15) is 0 Å². The maximum absolute atomic E-state index is 5.87. The fourth-order valence-corrected chi connectivity index (χ4v) is 3.06. The number of hydrogen-bond donors (Lipinski definition) is 1. The van der Waals surface area contributed by atoms with Crippen molar-refractivity contribution >= 4 is 10.8 Å². The van der Waals surface area contributed by atoms with Gasteiger partial charge in [-0.05, 0) is 61.2 Å². The molecule has 0 unspecified atom stereocenters. The number of nitrogens with zero attached hydrogens (tertiary/aromatic N) is 1. The van der Waals surface area contributed by atoms with E-state index in [9.17, 15) is 0 Å². The number of rotatable bonds is 5. The Morgan fingerprint density at radius 3 is 2.50 bits per heavy atom. The van der Waals surface area contributed by atoms with Crippen molar-refractivity contribution in [3.05, 3.63) is 47.5 Å². The van der Waals surface area contributed by atoms with Gasteiger partial charge in [-0.15, -0.1) is 0 Å². The first-order valence-electron chi connectivity index (χ1n) is 7.48. The van der Waals surface area contributed by atoms with Gasteiger partial charge in [0, 0.05) is 13.1 Å². The third kappa shape index (κ3) is 2.87. The summed E-state index contributed by atoms with van der Waals surface area (Å²) < 4.78 is 0. The lowest BCUT2D eigenvalue weighted by Gasteiger charge is -2.22. The second-order valence-corrected chi connectivity index (χ2v) is 6.56. The van der Waals surface area contributed by atoms with Crippen LogP contribution in [0.2, 0.25) is 0 Å². The van der Waals surface area contributed by atoms with Gasteiger partial charge in [-0.3, -0.25) is 0 Å². The van der Waals surface area contributed by atoms with Gasteiger partial charge in [-0.25, -0.2) is 0 Å². The van der Waals surface area contributed by atoms with Crippen molar-refractivity contribution in [3.8, 4) is 0 Å². The molecule has 1 saturated carbocycles. The molecule has 0 spiro atoms. The Bertz CT molecular complexity index is 614. The SMILES string of the molecule is Cc1ccc2cc(CN(C)CC3(CN)CC3)ccc2c1. The van der Waals surface area contributed by atoms with Crippen molar-refractivity contribution < 1.29 is 0 Å². The number of benzene rings is 2. The van der Waals surface area contributed by atoms with Gasteiger partial charge in [0.05, 0.1) is 0 Å². The molecule has 0 heterocycles. The molecule has 2 heteroatoms. The molecule has 1 aliphatic carbocycles. The molecule has 1 aliphatic rings. The lowest BCUT2D eigenvalue weighted by molar-refractivity contribution is 0.259. The van der Waals surface area contributed by atoms with E-state index in [2.05, 4.69) is 55.3 Å². The summed E-state index contributed by atoms with van der Waals surface area (Å²) in [5, 5.41) is 2.67. The predicted molar refractivity (Wildman–Crippen MR) is 85.7 cm³/mol. The van der Waals surface area contributed by atoms with Crippen LogP contribution in [-0.4, -0.2) is 25.0 Å². The number of nitrogens with two attached hydrogens (primary N) is 1. The van der Waals surface area contributed by atoms with Crippen LogP contribution in [0.25, 0.3) is 10.8 Å². The zero-order chi connectivity index (χ0) is 14.2. The minimum absolute atomic E-state index is 0.419. The van der Waals surface area contributed by atoms with Crippen LogP contribution in [0.5, 0.6) is 0 Å². The number of aryl methyl sites for hydroxylation is 1. The van der Waals surface area contributed by atoms with E-state index in [4.69, 9.17) is 5.73 Å². The summed E-state index contributed by atoms with van der Waals surface area (Å²) in [4.78, 5) is 2.41. The molecule has 0 aromatic heterocycles. The Morgan fingerprint density at radius 2 is 1.80 bits per heavy atom. The molecule has 0 atom stereocenters. The van der Waals surface area contributed by atoms with Crippen molar-refractivity contribution in [2.45, 2.75) is 26.3 Å². The van der Waals surface area contributed by atoms with E-state index in [0.29, 0.717) is 5.41 Å². The highest BCUT2D eigenvalue weighted by atomic mass is 15.1. The molecule has 2 aromatic rings. The highest BCUT2D eigenvalue weighted by Gasteiger charge is 2.41. The van der Waals surface area contributed by atoms with Crippen molar-refractivity contribution in [1.82, 2.24) is 4.90 Å². The normalized spacial score (nSPS) is 16.8. The third-order valence-corrected chi connectivity index (χ3v) is 4.51. The van der Waals surface area contributed by atoms with Crippen LogP contribution < -0.4 is 5.73 Å². The molecule has 0 amide bonds. The van der Waals surface area contributed by atoms with Crippen molar-refractivity contribution in [3.63, 3.8) is 0 Å². The van der Waals surface area contributed by atoms with Crippen molar-refractivity contribution in [1.29, 1.82) is 0 Å². The second-order valence-electron chi connectivity index (χ2n) is 6.56. The lowest BCUT2D eigenvalue weighted by Crippen LogP contribution is -2.31. The minimum atomic E-state index is 0.419. The Balaban J connectivity index is 1.72. The number of fused-ring (bicyclic) bond motifs is 1. The monoisotopic (exact) mass is 268 g/mol. The highest BCUT2D eigenvalue weighted by Crippen LogP contribution is 2.45. The standard InChI is InChI=1S/C18H24N2/c1-14-3-5-17-10-15(4-6-16(17)9-14)11-20(2)13-18(12-19)7-8-18/h3-6,9-10H,7-8,11-13,19H2,1-2H3. The molecule has 2 aromatic carbocycles. The lowest BCUT2D eigenvalue weighted by atomic mass is 10.0. The van der Waals surface area contributed by atoms with Crippen LogP contribution in [-0.2, 0) is 6.54 Å². The Hall–Kier alpha value is -1.38. The molecule has 0 aliphatic heterocycles. The van der Waals surface area contributed by atoms with E-state index in [1.165, 1.54) is 34.7 Å². The van der Waals surface area contributed by atoms with E-state index >= 15 is 0 Å². The molecule has 3 rings (SSSR count). The van der Waals surface area contributed by atoms with Gasteiger partial charge in [0.25, 0.3) is 0 Å². The molecule has 0 bridgehead atoms. The summed E-state index contributed by atoms with van der Waals surface area (Å²) in [6.45, 7) is 5.10. The van der Waals surface area contributed by atoms with Crippen LogP contribution in [0.1, 0.15) is 24.0 Å². The van der Waals surface area contributed by atoms with Crippen molar-refractivity contribution in [2.75, 3.05) is 20.1 Å². The third-order valence-electron chi connectivity index (χ3n) is 4.51. The summed E-state index contributed by atoms with van der Waals surface area (Å²) in [5.41, 5.74) is 9.00. The van der Waals surface area contributed by atoms with Gasteiger partial charge >= 0.3 is 0 Å². The summed E-state index contributed by atoms with van der Waals surface area (Å²) in [6, 6.07) is 13.4. The quantitative estimate of drug-likeness (QED) is 0.901. The maximum Gasteiger partial charge on any atom is 0.0231 e. The van der Waals surface area contributed by atoms with Gasteiger partial charge in [-0.2, -0.15) is 0 Å². The predicted octanol–water partition coefficient (Wildman–Crippen LogP) is 3.32. The van der Waals surface area contributed by atoms with E-state index in [0.717, 1.165) is 19.6 Å². The Labute approximate surface area is 121 Å². The van der Waals surface area contributed by atoms with Crippen LogP contribution in [0.4, 0.5) is 0 Å². The van der Waals surface area contributed by atoms with Gasteiger partial charge in [0.2, 0.25) is 0 Å². The van der Waals surface area contributed by atoms with E-state index in [1.807, 2.05) is 0 Å². The molecule has 20 heavy (non-hydrogen) atoms. The van der Waals surface area contributed by atoms with Crippen molar-refractivity contribution in [2.24, 2.45) is 11.1 Å². The molecule has 2 nitrogen and oxygen atoms in total. The highest BCUT2D eigenvalue weighted by molar-refractivity contribution is 5.83. The number of hydrogen-bond acceptors (Lipinski definition) is 2. The molecule has 0 saturated heterocycles. The van der Waals surface area contributed by atoms with Crippen LogP contribution in [0.3, 0.4) is 0 Å². The Morgan fingerprint density at radius 1 is 1.10 bits per heavy atom. The smallest absolute Gasteiger partial charge is 0.0231 e. The molecular weight excluding hydrogens is 244 g/mol. The van der Waals surface area contributed by atoms with Crippen LogP contribution in [0, 0.1) is 12.3 Å². The van der Waals surface area contributed by atoms with E-state index < -0.39 is 0 Å². The fraction of sp³-hybridized carbons (Fsp3) is 0.444. The topological polar surface area (TPSA) is 29.3 Å². The first-order chi connectivity index (χ1) is 9.60. The molecular formula is C18H24N2.